The number of benzene rings is 1. The van der Waals surface area contributed by atoms with Gasteiger partial charge in [-0.25, -0.2) is 0 Å². The fraction of sp³-hybridized carbons (Fsp3) is 0.533. The van der Waals surface area contributed by atoms with Crippen molar-refractivity contribution in [2.75, 3.05) is 0 Å². The minimum absolute atomic E-state index is 0.289. The van der Waals surface area contributed by atoms with E-state index in [1.165, 1.54) is 3.43 Å². The van der Waals surface area contributed by atoms with Gasteiger partial charge in [-0.2, -0.15) is 0 Å². The molecule has 1 aromatic rings. The van der Waals surface area contributed by atoms with Gasteiger partial charge in [-0.3, -0.25) is 0 Å². The van der Waals surface area contributed by atoms with Crippen LogP contribution < -0.4 is 0 Å². The third-order valence-corrected chi connectivity index (χ3v) is 9.71. The second-order valence-electron chi connectivity index (χ2n) is 6.09. The predicted molar refractivity (Wildman–Crippen MR) is 84.1 cm³/mol. The van der Waals surface area contributed by atoms with Gasteiger partial charge in [0.15, 0.2) is 0 Å². The summed E-state index contributed by atoms with van der Waals surface area (Å²) in [5.74, 6) is 0. The van der Waals surface area contributed by atoms with E-state index < -0.39 is 14.5 Å². The molecular weight excluding hydrogens is 367 g/mol. The molecule has 7 heteroatoms. The van der Waals surface area contributed by atoms with Gasteiger partial charge in [0.1, 0.15) is 0 Å². The predicted octanol–water partition coefficient (Wildman–Crippen LogP) is 2.03. The third kappa shape index (κ3) is 2.22. The molecule has 5 nitrogen and oxygen atoms in total. The van der Waals surface area contributed by atoms with Crippen molar-refractivity contribution in [2.24, 2.45) is 5.10 Å². The van der Waals surface area contributed by atoms with Gasteiger partial charge in [-0.15, -0.1) is 0 Å². The van der Waals surface area contributed by atoms with Crippen LogP contribution in [0, 0.1) is 6.92 Å². The van der Waals surface area contributed by atoms with Crippen molar-refractivity contribution in [3.05, 3.63) is 29.8 Å². The Bertz CT molecular complexity index is 732. The second kappa shape index (κ2) is 5.06. The van der Waals surface area contributed by atoms with Gasteiger partial charge in [-0.05, 0) is 0 Å². The maximum absolute atomic E-state index is 12.8. The molecule has 0 saturated carbocycles. The molecule has 2 fully saturated rings. The van der Waals surface area contributed by atoms with Crippen molar-refractivity contribution in [3.8, 4) is 0 Å². The number of hydrazone groups is 1. The Kier molecular flexibility index (Phi) is 3.38. The van der Waals surface area contributed by atoms with Gasteiger partial charge in [0.2, 0.25) is 0 Å². The van der Waals surface area contributed by atoms with Gasteiger partial charge < -0.3 is 0 Å². The zero-order chi connectivity index (χ0) is 15.4. The Hall–Kier alpha value is -0.881. The Morgan fingerprint density at radius 2 is 2.09 bits per heavy atom. The van der Waals surface area contributed by atoms with E-state index in [9.17, 15) is 8.42 Å². The first kappa shape index (κ1) is 14.7. The Labute approximate surface area is 137 Å². The number of hydrogen-bond acceptors (Lipinski definition) is 4. The number of nitrogens with zero attached hydrogens (tertiary/aromatic N) is 2. The van der Waals surface area contributed by atoms with E-state index in [1.807, 2.05) is 19.1 Å². The quantitative estimate of drug-likeness (QED) is 0.732. The molecule has 22 heavy (non-hydrogen) atoms. The normalized spacial score (nSPS) is 30.9. The first-order valence-corrected chi connectivity index (χ1v) is 10.6. The van der Waals surface area contributed by atoms with Crippen LogP contribution in [0.3, 0.4) is 0 Å². The molecule has 2 atom stereocenters. The van der Waals surface area contributed by atoms with Crippen molar-refractivity contribution in [1.29, 1.82) is 0 Å². The molecule has 0 amide bonds. The average molecular weight is 385 g/mol. The summed E-state index contributed by atoms with van der Waals surface area (Å²) in [6.45, 7) is 1.94. The first-order valence-electron chi connectivity index (χ1n) is 7.57. The molecule has 0 aliphatic carbocycles. The van der Waals surface area contributed by atoms with Crippen molar-refractivity contribution in [1.82, 2.24) is 3.43 Å². The van der Waals surface area contributed by atoms with Crippen LogP contribution in [-0.4, -0.2) is 43.3 Å². The summed E-state index contributed by atoms with van der Waals surface area (Å²) >= 11 is -0.342. The van der Waals surface area contributed by atoms with Crippen molar-refractivity contribution in [2.45, 2.75) is 54.5 Å². The van der Waals surface area contributed by atoms with Crippen molar-refractivity contribution in [3.63, 3.8) is 0 Å². The van der Waals surface area contributed by atoms with Crippen LogP contribution in [0.1, 0.15) is 37.7 Å². The van der Waals surface area contributed by atoms with E-state index in [2.05, 4.69) is 5.10 Å². The molecule has 3 aliphatic rings. The Balaban J connectivity index is 1.68. The van der Waals surface area contributed by atoms with Gasteiger partial charge >= 0.3 is 137 Å². The Morgan fingerprint density at radius 3 is 2.86 bits per heavy atom. The van der Waals surface area contributed by atoms with Crippen LogP contribution in [0.4, 0.5) is 0 Å². The summed E-state index contributed by atoms with van der Waals surface area (Å²) in [7, 11) is -3.56. The average Bonchev–Trinajstić information content (AvgIpc) is 3.00. The topological polar surface area (TPSA) is 59.0 Å². The molecule has 3 aliphatic heterocycles. The van der Waals surface area contributed by atoms with Crippen LogP contribution in [0.25, 0.3) is 0 Å². The van der Waals surface area contributed by atoms with E-state index in [4.69, 9.17) is 4.74 Å². The molecule has 4 rings (SSSR count). The second-order valence-corrected chi connectivity index (χ2v) is 10.9. The number of ether oxygens (including phenoxy) is 1. The molecule has 118 valence electrons. The third-order valence-electron chi connectivity index (χ3n) is 4.48. The molecule has 1 spiro atoms. The van der Waals surface area contributed by atoms with Crippen LogP contribution in [0.15, 0.2) is 34.3 Å². The monoisotopic (exact) mass is 386 g/mol. The van der Waals surface area contributed by atoms with Gasteiger partial charge in [0, 0.05) is 0 Å². The summed E-state index contributed by atoms with van der Waals surface area (Å²) < 4.78 is 32.8. The van der Waals surface area contributed by atoms with E-state index in [-0.39, 0.29) is 21.3 Å². The Morgan fingerprint density at radius 1 is 1.32 bits per heavy atom. The summed E-state index contributed by atoms with van der Waals surface area (Å²) in [6.07, 6.45) is 5.20. The molecule has 2 saturated heterocycles. The molecule has 0 N–H and O–H groups in total. The van der Waals surface area contributed by atoms with Gasteiger partial charge in [-0.1, -0.05) is 0 Å². The fourth-order valence-corrected chi connectivity index (χ4v) is 8.14. The number of sulfonamides is 1. The van der Waals surface area contributed by atoms with Gasteiger partial charge in [0.25, 0.3) is 0 Å². The summed E-state index contributed by atoms with van der Waals surface area (Å²) in [4.78, 5) is 0.312. The molecular formula is C15H18N2O3SSe. The summed E-state index contributed by atoms with van der Waals surface area (Å²) in [5, 5.41) is 4.48. The van der Waals surface area contributed by atoms with Crippen LogP contribution in [0.2, 0.25) is 0 Å². The zero-order valence-corrected chi connectivity index (χ0v) is 14.9. The molecule has 2 unspecified atom stereocenters. The SMILES string of the molecule is Cc1ccc(S(=O)(=O)N2N=C3CCCC4CCC3(O4)[Se]2)cc1. The summed E-state index contributed by atoms with van der Waals surface area (Å²) in [6, 6.07) is 6.96. The van der Waals surface area contributed by atoms with Crippen LogP contribution >= 0.6 is 0 Å². The standard InChI is InChI=1S/C15H18N2O3SSe/c1-11-5-7-13(8-6-11)21(18,19)17-16-14-4-2-3-12-9-10-15(14,20-12)22-17/h5-8,12H,2-4,9-10H2,1H3. The van der Waals surface area contributed by atoms with Gasteiger partial charge in [0.05, 0.1) is 0 Å². The van der Waals surface area contributed by atoms with E-state index in [0.29, 0.717) is 4.90 Å². The van der Waals surface area contributed by atoms with E-state index >= 15 is 0 Å². The molecule has 1 aromatic carbocycles. The van der Waals surface area contributed by atoms with E-state index in [1.54, 1.807) is 12.1 Å². The fourth-order valence-electron chi connectivity index (χ4n) is 3.24. The molecule has 0 radical (unpaired) electrons. The molecule has 3 heterocycles. The zero-order valence-electron chi connectivity index (χ0n) is 12.4. The first-order chi connectivity index (χ1) is 10.5. The number of hydrogen-bond donors (Lipinski definition) is 0. The van der Waals surface area contributed by atoms with Crippen molar-refractivity contribution >= 4 is 30.9 Å². The number of aryl methyl sites for hydroxylation is 1. The molecule has 0 aromatic heterocycles. The summed E-state index contributed by atoms with van der Waals surface area (Å²) in [5.41, 5.74) is 1.99. The van der Waals surface area contributed by atoms with Crippen LogP contribution in [0.5, 0.6) is 0 Å². The number of rotatable bonds is 2. The maximum atomic E-state index is 12.8. The number of fused-ring (bicyclic) bond motifs is 1. The van der Waals surface area contributed by atoms with Crippen LogP contribution in [-0.2, 0) is 14.8 Å². The van der Waals surface area contributed by atoms with E-state index in [0.717, 1.165) is 43.4 Å². The minimum atomic E-state index is -3.56. The molecule has 2 bridgehead atoms. The van der Waals surface area contributed by atoms with Crippen molar-refractivity contribution < 1.29 is 13.2 Å².